The zero-order valence-electron chi connectivity index (χ0n) is 13.3. The predicted octanol–water partition coefficient (Wildman–Crippen LogP) is 2.91. The first-order valence-corrected chi connectivity index (χ1v) is 7.85. The van der Waals surface area contributed by atoms with E-state index in [0.717, 1.165) is 36.8 Å². The number of amides is 2. The molecular formula is C17H25FN2O2. The summed E-state index contributed by atoms with van der Waals surface area (Å²) in [4.78, 5) is 11.9. The van der Waals surface area contributed by atoms with Crippen molar-refractivity contribution in [1.82, 2.24) is 10.6 Å². The van der Waals surface area contributed by atoms with Gasteiger partial charge >= 0.3 is 6.03 Å². The molecule has 0 saturated heterocycles. The molecule has 1 aromatic rings. The quantitative estimate of drug-likeness (QED) is 0.708. The first-order valence-electron chi connectivity index (χ1n) is 7.85. The zero-order valence-corrected chi connectivity index (χ0v) is 13.3. The summed E-state index contributed by atoms with van der Waals surface area (Å²) in [5, 5.41) is 14.9. The summed E-state index contributed by atoms with van der Waals surface area (Å²) in [5.41, 5.74) is 1.88. The number of aryl methyl sites for hydroxylation is 1. The molecule has 0 radical (unpaired) electrons. The molecule has 2 rings (SSSR count). The van der Waals surface area contributed by atoms with Crippen LogP contribution >= 0.6 is 0 Å². The maximum atomic E-state index is 13.3. The normalized spacial score (nSPS) is 17.2. The molecule has 3 N–H and O–H groups in total. The molecule has 122 valence electrons. The highest BCUT2D eigenvalue weighted by Gasteiger charge is 2.24. The van der Waals surface area contributed by atoms with Crippen molar-refractivity contribution >= 4 is 6.03 Å². The van der Waals surface area contributed by atoms with Gasteiger partial charge in [0.15, 0.2) is 0 Å². The van der Waals surface area contributed by atoms with E-state index in [1.165, 1.54) is 12.1 Å². The van der Waals surface area contributed by atoms with Crippen LogP contribution in [0.15, 0.2) is 18.2 Å². The molecule has 5 heteroatoms. The molecule has 0 fully saturated rings. The van der Waals surface area contributed by atoms with E-state index in [9.17, 15) is 14.3 Å². The highest BCUT2D eigenvalue weighted by Crippen LogP contribution is 2.31. The number of aliphatic hydroxyl groups is 1. The number of rotatable bonds is 6. The number of carbonyl (C=O) groups is 1. The van der Waals surface area contributed by atoms with Gasteiger partial charge in [0, 0.05) is 13.2 Å². The van der Waals surface area contributed by atoms with Crippen LogP contribution in [0.2, 0.25) is 0 Å². The third-order valence-electron chi connectivity index (χ3n) is 4.23. The Morgan fingerprint density at radius 2 is 2.23 bits per heavy atom. The lowest BCUT2D eigenvalue weighted by Crippen LogP contribution is -2.38. The molecule has 0 spiro atoms. The number of hydrogen-bond acceptors (Lipinski definition) is 2. The Morgan fingerprint density at radius 3 is 2.95 bits per heavy atom. The minimum Gasteiger partial charge on any atom is -0.396 e. The van der Waals surface area contributed by atoms with E-state index in [4.69, 9.17) is 0 Å². The molecule has 0 aromatic heterocycles. The lowest BCUT2D eigenvalue weighted by atomic mass is 9.89. The second kappa shape index (κ2) is 7.09. The number of aliphatic hydroxyl groups excluding tert-OH is 1. The summed E-state index contributed by atoms with van der Waals surface area (Å²) in [6.07, 6.45) is 3.34. The van der Waals surface area contributed by atoms with Gasteiger partial charge in [0.25, 0.3) is 0 Å². The van der Waals surface area contributed by atoms with Gasteiger partial charge in [0.2, 0.25) is 0 Å². The fourth-order valence-electron chi connectivity index (χ4n) is 2.78. The first kappa shape index (κ1) is 16.7. The summed E-state index contributed by atoms with van der Waals surface area (Å²) in [6, 6.07) is 4.44. The van der Waals surface area contributed by atoms with E-state index in [2.05, 4.69) is 10.6 Å². The van der Waals surface area contributed by atoms with Crippen LogP contribution in [-0.4, -0.2) is 24.3 Å². The van der Waals surface area contributed by atoms with Crippen LogP contribution in [0.3, 0.4) is 0 Å². The van der Waals surface area contributed by atoms with Crippen molar-refractivity contribution in [2.45, 2.75) is 45.6 Å². The fourth-order valence-corrected chi connectivity index (χ4v) is 2.78. The average molecular weight is 308 g/mol. The standard InChI is InChI=1S/C17H25FN2O2/c1-17(2,11-21)8-3-9-19-16(22)20-15-7-5-12-4-6-13(18)10-14(12)15/h4,6,10,15,21H,3,5,7-9,11H2,1-2H3,(H2,19,20,22). The molecule has 1 atom stereocenters. The molecule has 0 aliphatic heterocycles. The molecule has 0 saturated carbocycles. The van der Waals surface area contributed by atoms with E-state index in [-0.39, 0.29) is 29.9 Å². The Balaban J connectivity index is 1.76. The van der Waals surface area contributed by atoms with Crippen LogP contribution in [0, 0.1) is 11.2 Å². The average Bonchev–Trinajstić information content (AvgIpc) is 2.86. The van der Waals surface area contributed by atoms with Gasteiger partial charge in [0.05, 0.1) is 6.04 Å². The van der Waals surface area contributed by atoms with Gasteiger partial charge in [-0.15, -0.1) is 0 Å². The Hall–Kier alpha value is -1.62. The fraction of sp³-hybridized carbons (Fsp3) is 0.588. The Morgan fingerprint density at radius 1 is 1.45 bits per heavy atom. The number of hydrogen-bond donors (Lipinski definition) is 3. The maximum absolute atomic E-state index is 13.3. The zero-order chi connectivity index (χ0) is 16.2. The Bertz CT molecular complexity index is 531. The summed E-state index contributed by atoms with van der Waals surface area (Å²) < 4.78 is 13.3. The molecule has 4 nitrogen and oxygen atoms in total. The van der Waals surface area contributed by atoms with Gasteiger partial charge < -0.3 is 15.7 Å². The molecule has 1 aliphatic carbocycles. The number of benzene rings is 1. The van der Waals surface area contributed by atoms with Crippen LogP contribution in [0.5, 0.6) is 0 Å². The van der Waals surface area contributed by atoms with Gasteiger partial charge in [0.1, 0.15) is 5.82 Å². The maximum Gasteiger partial charge on any atom is 0.315 e. The lowest BCUT2D eigenvalue weighted by molar-refractivity contribution is 0.148. The summed E-state index contributed by atoms with van der Waals surface area (Å²) in [7, 11) is 0. The predicted molar refractivity (Wildman–Crippen MR) is 84.1 cm³/mol. The van der Waals surface area contributed by atoms with Gasteiger partial charge in [-0.05, 0) is 54.4 Å². The molecule has 0 bridgehead atoms. The summed E-state index contributed by atoms with van der Waals surface area (Å²) >= 11 is 0. The number of halogens is 1. The van der Waals surface area contributed by atoms with Crippen molar-refractivity contribution in [3.05, 3.63) is 35.1 Å². The minimum atomic E-state index is -0.265. The molecule has 0 heterocycles. The van der Waals surface area contributed by atoms with Crippen LogP contribution in [0.1, 0.15) is 50.3 Å². The second-order valence-electron chi connectivity index (χ2n) is 6.76. The first-order chi connectivity index (χ1) is 10.4. The van der Waals surface area contributed by atoms with Crippen molar-refractivity contribution in [3.63, 3.8) is 0 Å². The van der Waals surface area contributed by atoms with Gasteiger partial charge in [-0.3, -0.25) is 0 Å². The molecule has 2 amide bonds. The van der Waals surface area contributed by atoms with Crippen molar-refractivity contribution in [2.24, 2.45) is 5.41 Å². The number of nitrogens with one attached hydrogen (secondary N) is 2. The van der Waals surface area contributed by atoms with E-state index in [1.54, 1.807) is 6.07 Å². The Labute approximate surface area is 131 Å². The Kier molecular flexibility index (Phi) is 5.40. The molecule has 1 aliphatic rings. The molecule has 22 heavy (non-hydrogen) atoms. The van der Waals surface area contributed by atoms with Crippen LogP contribution < -0.4 is 10.6 Å². The van der Waals surface area contributed by atoms with Crippen LogP contribution in [-0.2, 0) is 6.42 Å². The number of fused-ring (bicyclic) bond motifs is 1. The monoisotopic (exact) mass is 308 g/mol. The van der Waals surface area contributed by atoms with Crippen molar-refractivity contribution in [1.29, 1.82) is 0 Å². The van der Waals surface area contributed by atoms with Crippen LogP contribution in [0.4, 0.5) is 9.18 Å². The number of carbonyl (C=O) groups excluding carboxylic acids is 1. The summed E-state index contributed by atoms with van der Waals surface area (Å²) in [5.74, 6) is -0.265. The van der Waals surface area contributed by atoms with Crippen LogP contribution in [0.25, 0.3) is 0 Å². The molecule has 1 unspecified atom stereocenters. The smallest absolute Gasteiger partial charge is 0.315 e. The van der Waals surface area contributed by atoms with E-state index in [1.807, 2.05) is 13.8 Å². The topological polar surface area (TPSA) is 61.4 Å². The van der Waals surface area contributed by atoms with Gasteiger partial charge in [-0.2, -0.15) is 0 Å². The van der Waals surface area contributed by atoms with E-state index >= 15 is 0 Å². The number of urea groups is 1. The minimum absolute atomic E-state index is 0.111. The molecule has 1 aromatic carbocycles. The van der Waals surface area contributed by atoms with Gasteiger partial charge in [-0.25, -0.2) is 9.18 Å². The molecular weight excluding hydrogens is 283 g/mol. The highest BCUT2D eigenvalue weighted by atomic mass is 19.1. The third kappa shape index (κ3) is 4.44. The van der Waals surface area contributed by atoms with E-state index in [0.29, 0.717) is 6.54 Å². The lowest BCUT2D eigenvalue weighted by Gasteiger charge is -2.21. The second-order valence-corrected chi connectivity index (χ2v) is 6.76. The van der Waals surface area contributed by atoms with E-state index < -0.39 is 0 Å². The van der Waals surface area contributed by atoms with Crippen molar-refractivity contribution < 1.29 is 14.3 Å². The largest absolute Gasteiger partial charge is 0.396 e. The van der Waals surface area contributed by atoms with Gasteiger partial charge in [-0.1, -0.05) is 19.9 Å². The SMILES string of the molecule is CC(C)(CO)CCCNC(=O)NC1CCc2ccc(F)cc21. The third-order valence-corrected chi connectivity index (χ3v) is 4.23. The van der Waals surface area contributed by atoms with Crippen molar-refractivity contribution in [2.75, 3.05) is 13.2 Å². The summed E-state index contributed by atoms with van der Waals surface area (Å²) in [6.45, 7) is 4.70. The highest BCUT2D eigenvalue weighted by molar-refractivity contribution is 5.74. The van der Waals surface area contributed by atoms with Crippen molar-refractivity contribution in [3.8, 4) is 0 Å².